The third-order valence-electron chi connectivity index (χ3n) is 3.24. The van der Waals surface area contributed by atoms with Gasteiger partial charge in [-0.25, -0.2) is 13.1 Å². The monoisotopic (exact) mass is 254 g/mol. The predicted octanol–water partition coefficient (Wildman–Crippen LogP) is 0.617. The number of hydrogen-bond acceptors (Lipinski definition) is 3. The molecule has 0 saturated heterocycles. The maximum atomic E-state index is 11.7. The van der Waals surface area contributed by atoms with Crippen molar-refractivity contribution in [1.82, 2.24) is 4.72 Å². The first-order chi connectivity index (χ1) is 6.48. The van der Waals surface area contributed by atoms with Crippen molar-refractivity contribution in [3.8, 4) is 0 Å². The highest BCUT2D eigenvalue weighted by molar-refractivity contribution is 7.90. The van der Waals surface area contributed by atoms with Crippen molar-refractivity contribution in [2.45, 2.75) is 43.4 Å². The molecule has 2 aliphatic carbocycles. The molecule has 3 N–H and O–H groups in total. The van der Waals surface area contributed by atoms with E-state index >= 15 is 0 Å². The Kier molecular flexibility index (Phi) is 3.70. The number of rotatable bonds is 5. The molecule has 90 valence electrons. The lowest BCUT2D eigenvalue weighted by molar-refractivity contribution is 0.374. The molecule has 6 heteroatoms. The summed E-state index contributed by atoms with van der Waals surface area (Å²) in [7, 11) is -3.09. The first kappa shape index (κ1) is 13.2. The molecule has 1 unspecified atom stereocenters. The van der Waals surface area contributed by atoms with Crippen LogP contribution in [0, 0.1) is 5.92 Å². The van der Waals surface area contributed by atoms with Crippen molar-refractivity contribution in [2.75, 3.05) is 6.54 Å². The van der Waals surface area contributed by atoms with E-state index in [-0.39, 0.29) is 17.7 Å². The van der Waals surface area contributed by atoms with Crippen LogP contribution < -0.4 is 10.5 Å². The van der Waals surface area contributed by atoms with Crippen molar-refractivity contribution in [1.29, 1.82) is 0 Å². The van der Waals surface area contributed by atoms with E-state index in [1.807, 2.05) is 6.92 Å². The van der Waals surface area contributed by atoms with E-state index in [1.165, 1.54) is 0 Å². The molecule has 0 aliphatic heterocycles. The summed E-state index contributed by atoms with van der Waals surface area (Å²) in [6, 6.07) is 0. The van der Waals surface area contributed by atoms with Crippen LogP contribution in [0.25, 0.3) is 0 Å². The molecule has 0 amide bonds. The Morgan fingerprint density at radius 2 is 1.87 bits per heavy atom. The fourth-order valence-corrected chi connectivity index (χ4v) is 3.62. The zero-order chi connectivity index (χ0) is 10.4. The van der Waals surface area contributed by atoms with Crippen LogP contribution in [0.15, 0.2) is 0 Å². The van der Waals surface area contributed by atoms with Gasteiger partial charge in [0.1, 0.15) is 0 Å². The lowest BCUT2D eigenvalue weighted by atomic mass is 9.98. The standard InChI is InChI=1S/C9H18N2O2S.ClH/c1-9(6-10,7-2-3-7)11-14(12,13)8-4-5-8;/h7-8,11H,2-6,10H2,1H3;1H. The predicted molar refractivity (Wildman–Crippen MR) is 62.5 cm³/mol. The highest BCUT2D eigenvalue weighted by atomic mass is 35.5. The smallest absolute Gasteiger partial charge is 0.215 e. The summed E-state index contributed by atoms with van der Waals surface area (Å²) in [6.45, 7) is 2.31. The van der Waals surface area contributed by atoms with E-state index in [2.05, 4.69) is 4.72 Å². The first-order valence-corrected chi connectivity index (χ1v) is 6.75. The molecule has 15 heavy (non-hydrogen) atoms. The van der Waals surface area contributed by atoms with Crippen molar-refractivity contribution in [2.24, 2.45) is 11.7 Å². The van der Waals surface area contributed by atoms with Gasteiger partial charge in [0.05, 0.1) is 5.25 Å². The minimum Gasteiger partial charge on any atom is -0.329 e. The average molecular weight is 255 g/mol. The third-order valence-corrected chi connectivity index (χ3v) is 5.34. The summed E-state index contributed by atoms with van der Waals surface area (Å²) in [5.41, 5.74) is 5.25. The summed E-state index contributed by atoms with van der Waals surface area (Å²) < 4.78 is 26.3. The molecule has 0 aromatic carbocycles. The molecule has 0 bridgehead atoms. The molecule has 4 nitrogen and oxygen atoms in total. The molecule has 1 atom stereocenters. The molecule has 2 rings (SSSR count). The molecule has 2 saturated carbocycles. The van der Waals surface area contributed by atoms with Gasteiger partial charge in [0.15, 0.2) is 0 Å². The van der Waals surface area contributed by atoms with Gasteiger partial charge in [-0.05, 0) is 38.5 Å². The van der Waals surface area contributed by atoms with Gasteiger partial charge >= 0.3 is 0 Å². The molecule has 0 aromatic heterocycles. The first-order valence-electron chi connectivity index (χ1n) is 5.21. The molecular weight excluding hydrogens is 236 g/mol. The zero-order valence-corrected chi connectivity index (χ0v) is 10.5. The minimum atomic E-state index is -3.09. The Bertz CT molecular complexity index is 325. The lowest BCUT2D eigenvalue weighted by Crippen LogP contribution is -2.53. The highest BCUT2D eigenvalue weighted by Crippen LogP contribution is 2.40. The summed E-state index contributed by atoms with van der Waals surface area (Å²) in [5, 5.41) is -0.146. The van der Waals surface area contributed by atoms with E-state index in [1.54, 1.807) is 0 Å². The van der Waals surface area contributed by atoms with Gasteiger partial charge in [-0.3, -0.25) is 0 Å². The molecule has 0 spiro atoms. The van der Waals surface area contributed by atoms with Crippen molar-refractivity contribution < 1.29 is 8.42 Å². The Hall–Kier alpha value is 0.160. The summed E-state index contributed by atoms with van der Waals surface area (Å²) in [4.78, 5) is 0. The Morgan fingerprint density at radius 1 is 1.33 bits per heavy atom. The largest absolute Gasteiger partial charge is 0.329 e. The summed E-state index contributed by atoms with van der Waals surface area (Å²) in [5.74, 6) is 0.445. The van der Waals surface area contributed by atoms with Gasteiger partial charge in [0, 0.05) is 12.1 Å². The highest BCUT2D eigenvalue weighted by Gasteiger charge is 2.46. The van der Waals surface area contributed by atoms with Crippen molar-refractivity contribution >= 4 is 22.4 Å². The molecule has 0 radical (unpaired) electrons. The minimum absolute atomic E-state index is 0. The van der Waals surface area contributed by atoms with Gasteiger partial charge in [-0.15, -0.1) is 12.4 Å². The van der Waals surface area contributed by atoms with Crippen molar-refractivity contribution in [3.05, 3.63) is 0 Å². The van der Waals surface area contributed by atoms with Crippen LogP contribution >= 0.6 is 12.4 Å². The molecular formula is C9H19ClN2O2S. The van der Waals surface area contributed by atoms with Crippen LogP contribution in [-0.2, 0) is 10.0 Å². The van der Waals surface area contributed by atoms with Gasteiger partial charge in [0.2, 0.25) is 10.0 Å². The normalized spacial score (nSPS) is 25.5. The maximum Gasteiger partial charge on any atom is 0.215 e. The molecule has 2 aliphatic rings. The maximum absolute atomic E-state index is 11.7. The second-order valence-electron chi connectivity index (χ2n) is 4.74. The molecule has 2 fully saturated rings. The van der Waals surface area contributed by atoms with Crippen LogP contribution in [0.3, 0.4) is 0 Å². The fourth-order valence-electron chi connectivity index (χ4n) is 1.80. The zero-order valence-electron chi connectivity index (χ0n) is 8.90. The number of sulfonamides is 1. The van der Waals surface area contributed by atoms with Crippen molar-refractivity contribution in [3.63, 3.8) is 0 Å². The SMILES string of the molecule is CC(CN)(NS(=O)(=O)C1CC1)C1CC1.Cl. The average Bonchev–Trinajstić information content (AvgIpc) is 2.90. The van der Waals surface area contributed by atoms with Crippen LogP contribution in [0.1, 0.15) is 32.6 Å². The summed E-state index contributed by atoms with van der Waals surface area (Å²) >= 11 is 0. The Balaban J connectivity index is 0.00000112. The van der Waals surface area contributed by atoms with E-state index in [0.717, 1.165) is 25.7 Å². The Labute approximate surface area is 97.5 Å². The molecule has 0 heterocycles. The quantitative estimate of drug-likeness (QED) is 0.756. The van der Waals surface area contributed by atoms with Crippen LogP contribution in [0.2, 0.25) is 0 Å². The van der Waals surface area contributed by atoms with E-state index in [0.29, 0.717) is 12.5 Å². The van der Waals surface area contributed by atoms with Crippen LogP contribution in [0.5, 0.6) is 0 Å². The van der Waals surface area contributed by atoms with E-state index < -0.39 is 15.6 Å². The second-order valence-corrected chi connectivity index (χ2v) is 6.70. The molecule has 0 aromatic rings. The summed E-state index contributed by atoms with van der Waals surface area (Å²) in [6.07, 6.45) is 3.81. The van der Waals surface area contributed by atoms with Crippen LogP contribution in [-0.4, -0.2) is 25.8 Å². The van der Waals surface area contributed by atoms with E-state index in [9.17, 15) is 8.42 Å². The van der Waals surface area contributed by atoms with Gasteiger partial charge in [-0.2, -0.15) is 0 Å². The topological polar surface area (TPSA) is 72.2 Å². The lowest BCUT2D eigenvalue weighted by Gasteiger charge is -2.29. The number of nitrogens with one attached hydrogen (secondary N) is 1. The second kappa shape index (κ2) is 4.20. The van der Waals surface area contributed by atoms with E-state index in [4.69, 9.17) is 5.73 Å². The Morgan fingerprint density at radius 3 is 2.20 bits per heavy atom. The third kappa shape index (κ3) is 2.84. The van der Waals surface area contributed by atoms with Gasteiger partial charge in [0.25, 0.3) is 0 Å². The van der Waals surface area contributed by atoms with Gasteiger partial charge < -0.3 is 5.73 Å². The number of hydrogen-bond donors (Lipinski definition) is 2. The number of nitrogens with two attached hydrogens (primary N) is 1. The van der Waals surface area contributed by atoms with Gasteiger partial charge in [-0.1, -0.05) is 0 Å². The fraction of sp³-hybridized carbons (Fsp3) is 1.00. The number of halogens is 1. The van der Waals surface area contributed by atoms with Crippen LogP contribution in [0.4, 0.5) is 0 Å².